The van der Waals surface area contributed by atoms with Crippen LogP contribution < -0.4 is 5.32 Å². The highest BCUT2D eigenvalue weighted by atomic mass is 15.1. The molecule has 1 saturated carbocycles. The number of aromatic nitrogens is 2. The second kappa shape index (κ2) is 3.27. The summed E-state index contributed by atoms with van der Waals surface area (Å²) in [6, 6.07) is 0. The second-order valence-corrected chi connectivity index (χ2v) is 3.44. The van der Waals surface area contributed by atoms with Gasteiger partial charge in [0.1, 0.15) is 0 Å². The van der Waals surface area contributed by atoms with Crippen LogP contribution in [0, 0.1) is 0 Å². The molecule has 1 aromatic heterocycles. The largest absolute Gasteiger partial charge is 0.319 e. The summed E-state index contributed by atoms with van der Waals surface area (Å²) in [6.07, 6.45) is 5.74. The van der Waals surface area contributed by atoms with Crippen LogP contribution in [-0.4, -0.2) is 23.8 Å². The lowest BCUT2D eigenvalue weighted by molar-refractivity contribution is 0.784. The molecule has 0 aliphatic heterocycles. The predicted molar refractivity (Wildman–Crippen MR) is 48.2 cm³/mol. The van der Waals surface area contributed by atoms with Crippen LogP contribution in [0.5, 0.6) is 0 Å². The number of likely N-dealkylation sites (N-methyl/N-ethyl adjacent to an activating group) is 1. The minimum Gasteiger partial charge on any atom is -0.319 e. The van der Waals surface area contributed by atoms with Crippen LogP contribution in [0.15, 0.2) is 6.20 Å². The molecule has 1 aliphatic carbocycles. The van der Waals surface area contributed by atoms with Crippen molar-refractivity contribution in [1.82, 2.24) is 15.5 Å². The van der Waals surface area contributed by atoms with E-state index < -0.39 is 0 Å². The van der Waals surface area contributed by atoms with Crippen LogP contribution in [0.3, 0.4) is 0 Å². The van der Waals surface area contributed by atoms with E-state index in [4.69, 9.17) is 0 Å². The lowest BCUT2D eigenvalue weighted by atomic mass is 10.1. The Hall–Kier alpha value is -0.830. The van der Waals surface area contributed by atoms with Gasteiger partial charge in [-0.2, -0.15) is 5.10 Å². The smallest absolute Gasteiger partial charge is 0.0522 e. The highest BCUT2D eigenvalue weighted by Gasteiger charge is 2.27. The van der Waals surface area contributed by atoms with Gasteiger partial charge in [-0.25, -0.2) is 0 Å². The highest BCUT2D eigenvalue weighted by molar-refractivity contribution is 5.24. The van der Waals surface area contributed by atoms with E-state index in [0.29, 0.717) is 0 Å². The number of H-pyrrole nitrogens is 1. The Balaban J connectivity index is 2.03. The first-order valence-corrected chi connectivity index (χ1v) is 4.58. The SMILES string of the molecule is CNCCc1cn[nH]c1C1CC1. The van der Waals surface area contributed by atoms with Crippen LogP contribution >= 0.6 is 0 Å². The first kappa shape index (κ1) is 7.80. The van der Waals surface area contributed by atoms with E-state index >= 15 is 0 Å². The van der Waals surface area contributed by atoms with Gasteiger partial charge in [0, 0.05) is 11.6 Å². The normalized spacial score (nSPS) is 16.8. The predicted octanol–water partition coefficient (Wildman–Crippen LogP) is 1.05. The number of nitrogens with zero attached hydrogens (tertiary/aromatic N) is 1. The minimum absolute atomic E-state index is 0.791. The molecule has 0 aromatic carbocycles. The molecule has 0 amide bonds. The van der Waals surface area contributed by atoms with Crippen molar-refractivity contribution in [3.05, 3.63) is 17.5 Å². The third-order valence-electron chi connectivity index (χ3n) is 2.38. The number of aromatic amines is 1. The summed E-state index contributed by atoms with van der Waals surface area (Å²) in [5.41, 5.74) is 2.78. The van der Waals surface area contributed by atoms with E-state index in [-0.39, 0.29) is 0 Å². The fourth-order valence-corrected chi connectivity index (χ4v) is 1.51. The number of hydrogen-bond acceptors (Lipinski definition) is 2. The van der Waals surface area contributed by atoms with E-state index in [2.05, 4.69) is 15.5 Å². The molecule has 2 N–H and O–H groups in total. The van der Waals surface area contributed by atoms with Crippen molar-refractivity contribution in [3.8, 4) is 0 Å². The van der Waals surface area contributed by atoms with Gasteiger partial charge in [0.05, 0.1) is 6.20 Å². The van der Waals surface area contributed by atoms with Gasteiger partial charge in [0.15, 0.2) is 0 Å². The summed E-state index contributed by atoms with van der Waals surface area (Å²) in [5, 5.41) is 10.3. The summed E-state index contributed by atoms with van der Waals surface area (Å²) in [4.78, 5) is 0. The van der Waals surface area contributed by atoms with Gasteiger partial charge >= 0.3 is 0 Å². The molecule has 1 aromatic rings. The Labute approximate surface area is 72.6 Å². The molecule has 0 spiro atoms. The van der Waals surface area contributed by atoms with Crippen molar-refractivity contribution in [2.24, 2.45) is 0 Å². The van der Waals surface area contributed by atoms with Gasteiger partial charge in [-0.1, -0.05) is 0 Å². The molecular weight excluding hydrogens is 150 g/mol. The number of rotatable bonds is 4. The molecule has 0 bridgehead atoms. The summed E-state index contributed by atoms with van der Waals surface area (Å²) in [5.74, 6) is 0.791. The quantitative estimate of drug-likeness (QED) is 0.700. The fourth-order valence-electron chi connectivity index (χ4n) is 1.51. The van der Waals surface area contributed by atoms with Crippen molar-refractivity contribution in [1.29, 1.82) is 0 Å². The molecule has 66 valence electrons. The first-order chi connectivity index (χ1) is 5.92. The van der Waals surface area contributed by atoms with Crippen LogP contribution in [0.4, 0.5) is 0 Å². The van der Waals surface area contributed by atoms with Gasteiger partial charge in [0.25, 0.3) is 0 Å². The topological polar surface area (TPSA) is 40.7 Å². The van der Waals surface area contributed by atoms with Gasteiger partial charge < -0.3 is 5.32 Å². The van der Waals surface area contributed by atoms with Crippen LogP contribution in [-0.2, 0) is 6.42 Å². The zero-order chi connectivity index (χ0) is 8.39. The Morgan fingerprint density at radius 3 is 3.17 bits per heavy atom. The first-order valence-electron chi connectivity index (χ1n) is 4.58. The summed E-state index contributed by atoms with van der Waals surface area (Å²) in [6.45, 7) is 1.04. The third kappa shape index (κ3) is 1.50. The summed E-state index contributed by atoms with van der Waals surface area (Å²) >= 11 is 0. The Kier molecular flexibility index (Phi) is 2.13. The standard InChI is InChI=1S/C9H15N3/c1-10-5-4-8-6-11-12-9(8)7-2-3-7/h6-7,10H,2-5H2,1H3,(H,11,12). The van der Waals surface area contributed by atoms with Crippen LogP contribution in [0.2, 0.25) is 0 Å². The summed E-state index contributed by atoms with van der Waals surface area (Å²) < 4.78 is 0. The average Bonchev–Trinajstić information content (AvgIpc) is 2.83. The van der Waals surface area contributed by atoms with Crippen LogP contribution in [0.25, 0.3) is 0 Å². The molecule has 3 nitrogen and oxygen atoms in total. The van der Waals surface area contributed by atoms with Crippen molar-refractivity contribution >= 4 is 0 Å². The second-order valence-electron chi connectivity index (χ2n) is 3.44. The van der Waals surface area contributed by atoms with E-state index in [1.807, 2.05) is 13.2 Å². The molecular formula is C9H15N3. The van der Waals surface area contributed by atoms with E-state index in [1.54, 1.807) is 0 Å². The molecule has 3 heteroatoms. The van der Waals surface area contributed by atoms with Crippen molar-refractivity contribution in [3.63, 3.8) is 0 Å². The molecule has 0 radical (unpaired) electrons. The molecule has 1 heterocycles. The number of hydrogen-bond donors (Lipinski definition) is 2. The summed E-state index contributed by atoms with van der Waals surface area (Å²) in [7, 11) is 1.98. The number of nitrogens with one attached hydrogen (secondary N) is 2. The molecule has 0 atom stereocenters. The van der Waals surface area contributed by atoms with Crippen LogP contribution in [0.1, 0.15) is 30.0 Å². The van der Waals surface area contributed by atoms with Crippen molar-refractivity contribution in [2.75, 3.05) is 13.6 Å². The lowest BCUT2D eigenvalue weighted by Crippen LogP contribution is -2.10. The fraction of sp³-hybridized carbons (Fsp3) is 0.667. The molecule has 1 fully saturated rings. The molecule has 2 rings (SSSR count). The van der Waals surface area contributed by atoms with E-state index in [9.17, 15) is 0 Å². The van der Waals surface area contributed by atoms with Gasteiger partial charge in [0.2, 0.25) is 0 Å². The molecule has 0 saturated heterocycles. The Morgan fingerprint density at radius 2 is 2.50 bits per heavy atom. The molecule has 0 unspecified atom stereocenters. The minimum atomic E-state index is 0.791. The molecule has 1 aliphatic rings. The Morgan fingerprint density at radius 1 is 1.67 bits per heavy atom. The zero-order valence-corrected chi connectivity index (χ0v) is 7.43. The lowest BCUT2D eigenvalue weighted by Gasteiger charge is -1.99. The average molecular weight is 165 g/mol. The molecule has 12 heavy (non-hydrogen) atoms. The van der Waals surface area contributed by atoms with Crippen molar-refractivity contribution in [2.45, 2.75) is 25.2 Å². The van der Waals surface area contributed by atoms with E-state index in [1.165, 1.54) is 24.1 Å². The monoisotopic (exact) mass is 165 g/mol. The van der Waals surface area contributed by atoms with Crippen molar-refractivity contribution < 1.29 is 0 Å². The highest BCUT2D eigenvalue weighted by Crippen LogP contribution is 2.40. The maximum absolute atomic E-state index is 4.08. The maximum Gasteiger partial charge on any atom is 0.0522 e. The maximum atomic E-state index is 4.08. The third-order valence-corrected chi connectivity index (χ3v) is 2.38. The van der Waals surface area contributed by atoms with E-state index in [0.717, 1.165) is 18.9 Å². The van der Waals surface area contributed by atoms with Gasteiger partial charge in [-0.3, -0.25) is 5.10 Å². The van der Waals surface area contributed by atoms with Gasteiger partial charge in [-0.05, 0) is 38.4 Å². The zero-order valence-electron chi connectivity index (χ0n) is 7.43. The van der Waals surface area contributed by atoms with Gasteiger partial charge in [-0.15, -0.1) is 0 Å². The Bertz CT molecular complexity index is 250.